The molecule has 0 amide bonds. The maximum atomic E-state index is 10.6. The number of hydrogen-bond donors (Lipinski definition) is 2. The molecule has 0 fully saturated rings. The summed E-state index contributed by atoms with van der Waals surface area (Å²) in [4.78, 5) is 21.0. The fourth-order valence-electron chi connectivity index (χ4n) is 0.705. The zero-order chi connectivity index (χ0) is 11.8. The van der Waals surface area contributed by atoms with E-state index in [0.29, 0.717) is 0 Å². The molecule has 0 spiro atoms. The van der Waals surface area contributed by atoms with Gasteiger partial charge >= 0.3 is 11.9 Å². The van der Waals surface area contributed by atoms with Gasteiger partial charge in [0.05, 0.1) is 6.10 Å². The Morgan fingerprint density at radius 2 is 2.13 bits per heavy atom. The van der Waals surface area contributed by atoms with Crippen molar-refractivity contribution in [3.8, 4) is 0 Å². The van der Waals surface area contributed by atoms with Gasteiger partial charge in [0.1, 0.15) is 6.61 Å². The van der Waals surface area contributed by atoms with E-state index in [1.54, 1.807) is 0 Å². The molecule has 0 saturated carbocycles. The van der Waals surface area contributed by atoms with Crippen molar-refractivity contribution >= 4 is 11.9 Å². The first-order valence-corrected chi connectivity index (χ1v) is 4.34. The highest BCUT2D eigenvalue weighted by atomic mass is 16.5. The number of ether oxygens (including phenoxy) is 1. The standard InChI is InChI=1S/C10H14O5/c1-3-9(12)15-6-8(11)5-4-7(2)10(13)14/h3-4,8,11H,1,5-6H2,2H3,(H,13,14). The maximum absolute atomic E-state index is 10.6. The third-order valence-corrected chi connectivity index (χ3v) is 1.62. The number of carboxylic acid groups (broad SMARTS) is 1. The highest BCUT2D eigenvalue weighted by Crippen LogP contribution is 2.00. The first-order chi connectivity index (χ1) is 6.97. The van der Waals surface area contributed by atoms with Crippen LogP contribution >= 0.6 is 0 Å². The molecule has 0 radical (unpaired) electrons. The summed E-state index contributed by atoms with van der Waals surface area (Å²) in [5, 5.41) is 17.8. The van der Waals surface area contributed by atoms with Crippen molar-refractivity contribution in [1.82, 2.24) is 0 Å². The van der Waals surface area contributed by atoms with Crippen molar-refractivity contribution in [3.05, 3.63) is 24.3 Å². The van der Waals surface area contributed by atoms with E-state index in [9.17, 15) is 14.7 Å². The minimum atomic E-state index is -1.04. The molecule has 5 nitrogen and oxygen atoms in total. The number of aliphatic hydroxyl groups is 1. The van der Waals surface area contributed by atoms with Gasteiger partial charge in [-0.3, -0.25) is 0 Å². The fourth-order valence-corrected chi connectivity index (χ4v) is 0.705. The van der Waals surface area contributed by atoms with Crippen molar-refractivity contribution in [3.63, 3.8) is 0 Å². The number of aliphatic carboxylic acids is 1. The van der Waals surface area contributed by atoms with Gasteiger partial charge in [0, 0.05) is 11.6 Å². The summed E-state index contributed by atoms with van der Waals surface area (Å²) in [6.07, 6.45) is 1.59. The lowest BCUT2D eigenvalue weighted by Gasteiger charge is -2.07. The fraction of sp³-hybridized carbons (Fsp3) is 0.400. The molecule has 0 rings (SSSR count). The van der Waals surface area contributed by atoms with E-state index in [-0.39, 0.29) is 18.6 Å². The highest BCUT2D eigenvalue weighted by molar-refractivity contribution is 5.85. The third kappa shape index (κ3) is 6.45. The Hall–Kier alpha value is -1.62. The summed E-state index contributed by atoms with van der Waals surface area (Å²) in [6.45, 7) is 4.44. The molecule has 0 aliphatic rings. The van der Waals surface area contributed by atoms with Crippen molar-refractivity contribution < 1.29 is 24.5 Å². The Balaban J connectivity index is 3.89. The average molecular weight is 214 g/mol. The number of carbonyl (C=O) groups excluding carboxylic acids is 1. The number of carboxylic acids is 1. The van der Waals surface area contributed by atoms with E-state index in [0.717, 1.165) is 6.08 Å². The summed E-state index contributed by atoms with van der Waals surface area (Å²) in [7, 11) is 0. The predicted molar refractivity (Wildman–Crippen MR) is 53.2 cm³/mol. The second kappa shape index (κ2) is 6.78. The van der Waals surface area contributed by atoms with Gasteiger partial charge < -0.3 is 14.9 Å². The van der Waals surface area contributed by atoms with Crippen LogP contribution in [-0.4, -0.2) is 34.9 Å². The zero-order valence-corrected chi connectivity index (χ0v) is 8.47. The van der Waals surface area contributed by atoms with Crippen LogP contribution in [0.5, 0.6) is 0 Å². The molecular weight excluding hydrogens is 200 g/mol. The molecule has 84 valence electrons. The van der Waals surface area contributed by atoms with Crippen LogP contribution in [-0.2, 0) is 14.3 Å². The molecule has 15 heavy (non-hydrogen) atoms. The van der Waals surface area contributed by atoms with Gasteiger partial charge in [-0.15, -0.1) is 0 Å². The predicted octanol–water partition coefficient (Wildman–Crippen LogP) is 0.497. The molecule has 0 aliphatic heterocycles. The topological polar surface area (TPSA) is 83.8 Å². The van der Waals surface area contributed by atoms with Crippen molar-refractivity contribution in [2.45, 2.75) is 19.4 Å². The Morgan fingerprint density at radius 1 is 1.53 bits per heavy atom. The Labute approximate surface area is 87.7 Å². The van der Waals surface area contributed by atoms with E-state index >= 15 is 0 Å². The second-order valence-corrected chi connectivity index (χ2v) is 2.92. The van der Waals surface area contributed by atoms with Crippen LogP contribution in [0.15, 0.2) is 24.3 Å². The first-order valence-electron chi connectivity index (χ1n) is 4.34. The number of aliphatic hydroxyl groups excluding tert-OH is 1. The molecular formula is C10H14O5. The van der Waals surface area contributed by atoms with Crippen LogP contribution in [0.1, 0.15) is 13.3 Å². The molecule has 1 unspecified atom stereocenters. The summed E-state index contributed by atoms with van der Waals surface area (Å²) in [6, 6.07) is 0. The molecule has 0 aromatic heterocycles. The molecule has 0 saturated heterocycles. The van der Waals surface area contributed by atoms with Gasteiger partial charge in [0.2, 0.25) is 0 Å². The number of hydrogen-bond acceptors (Lipinski definition) is 4. The van der Waals surface area contributed by atoms with Crippen LogP contribution in [0.25, 0.3) is 0 Å². The van der Waals surface area contributed by atoms with E-state index in [1.807, 2.05) is 0 Å². The zero-order valence-electron chi connectivity index (χ0n) is 8.47. The summed E-state index contributed by atoms with van der Waals surface area (Å²) >= 11 is 0. The number of rotatable bonds is 6. The van der Waals surface area contributed by atoms with Gasteiger partial charge in [-0.1, -0.05) is 12.7 Å². The molecule has 0 aromatic carbocycles. The van der Waals surface area contributed by atoms with Gasteiger partial charge in [0.25, 0.3) is 0 Å². The van der Waals surface area contributed by atoms with Crippen LogP contribution < -0.4 is 0 Å². The number of carbonyl (C=O) groups is 2. The average Bonchev–Trinajstić information content (AvgIpc) is 2.21. The quantitative estimate of drug-likeness (QED) is 0.496. The van der Waals surface area contributed by atoms with Crippen LogP contribution in [0, 0.1) is 0 Å². The smallest absolute Gasteiger partial charge is 0.330 e. The summed E-state index contributed by atoms with van der Waals surface area (Å²) < 4.78 is 4.56. The number of esters is 1. The van der Waals surface area contributed by atoms with Crippen molar-refractivity contribution in [1.29, 1.82) is 0 Å². The molecule has 5 heteroatoms. The summed E-state index contributed by atoms with van der Waals surface area (Å²) in [5.41, 5.74) is 0.143. The van der Waals surface area contributed by atoms with E-state index < -0.39 is 18.0 Å². The van der Waals surface area contributed by atoms with Gasteiger partial charge in [-0.2, -0.15) is 0 Å². The minimum Gasteiger partial charge on any atom is -0.478 e. The van der Waals surface area contributed by atoms with Crippen LogP contribution in [0.2, 0.25) is 0 Å². The molecule has 0 heterocycles. The van der Waals surface area contributed by atoms with E-state index in [4.69, 9.17) is 5.11 Å². The van der Waals surface area contributed by atoms with Crippen LogP contribution in [0.4, 0.5) is 0 Å². The van der Waals surface area contributed by atoms with Gasteiger partial charge in [-0.25, -0.2) is 9.59 Å². The molecule has 2 N–H and O–H groups in total. The van der Waals surface area contributed by atoms with E-state index in [1.165, 1.54) is 13.0 Å². The lowest BCUT2D eigenvalue weighted by molar-refractivity contribution is -0.140. The molecule has 0 aromatic rings. The largest absolute Gasteiger partial charge is 0.478 e. The SMILES string of the molecule is C=CC(=O)OCC(O)CC=C(C)C(=O)O. The van der Waals surface area contributed by atoms with Gasteiger partial charge in [0.15, 0.2) is 0 Å². The third-order valence-electron chi connectivity index (χ3n) is 1.62. The monoisotopic (exact) mass is 214 g/mol. The second-order valence-electron chi connectivity index (χ2n) is 2.92. The molecule has 0 aliphatic carbocycles. The lowest BCUT2D eigenvalue weighted by Crippen LogP contribution is -2.17. The maximum Gasteiger partial charge on any atom is 0.330 e. The highest BCUT2D eigenvalue weighted by Gasteiger charge is 2.06. The Kier molecular flexibility index (Phi) is 6.05. The molecule has 0 bridgehead atoms. The van der Waals surface area contributed by atoms with Crippen molar-refractivity contribution in [2.24, 2.45) is 0 Å². The summed E-state index contributed by atoms with van der Waals surface area (Å²) in [5.74, 6) is -1.65. The minimum absolute atomic E-state index is 0.128. The van der Waals surface area contributed by atoms with Crippen LogP contribution in [0.3, 0.4) is 0 Å². The normalized spacial score (nSPS) is 13.1. The lowest BCUT2D eigenvalue weighted by atomic mass is 10.2. The Bertz CT molecular complexity index is 280. The Morgan fingerprint density at radius 3 is 2.60 bits per heavy atom. The van der Waals surface area contributed by atoms with E-state index in [2.05, 4.69) is 11.3 Å². The molecule has 1 atom stereocenters. The van der Waals surface area contributed by atoms with Gasteiger partial charge in [-0.05, 0) is 13.3 Å². The first kappa shape index (κ1) is 13.4. The van der Waals surface area contributed by atoms with Crippen molar-refractivity contribution in [2.75, 3.05) is 6.61 Å².